The Bertz CT molecular complexity index is 646. The van der Waals surface area contributed by atoms with Crippen molar-refractivity contribution in [2.24, 2.45) is 5.92 Å². The molecule has 0 amide bonds. The lowest BCUT2D eigenvalue weighted by Gasteiger charge is -2.22. The van der Waals surface area contributed by atoms with Gasteiger partial charge in [0.25, 0.3) is 0 Å². The van der Waals surface area contributed by atoms with Crippen molar-refractivity contribution >= 4 is 0 Å². The Morgan fingerprint density at radius 2 is 1.80 bits per heavy atom. The van der Waals surface area contributed by atoms with Crippen molar-refractivity contribution in [3.8, 4) is 0 Å². The monoisotopic (exact) mass is 410 g/mol. The molecule has 0 bridgehead atoms. The van der Waals surface area contributed by atoms with Crippen LogP contribution in [0.1, 0.15) is 78.6 Å². The van der Waals surface area contributed by atoms with E-state index in [9.17, 15) is 0 Å². The number of nitrogens with zero attached hydrogens (tertiary/aromatic N) is 2. The number of hydrogen-bond donors (Lipinski definition) is 0. The van der Waals surface area contributed by atoms with Crippen molar-refractivity contribution < 1.29 is 0 Å². The Labute approximate surface area is 187 Å². The molecule has 1 fully saturated rings. The second kappa shape index (κ2) is 13.7. The largest absolute Gasteiger partial charge is 0.375 e. The Morgan fingerprint density at radius 3 is 2.50 bits per heavy atom. The maximum atomic E-state index is 4.17. The fraction of sp³-hybridized carbons (Fsp3) is 0.643. The van der Waals surface area contributed by atoms with Crippen LogP contribution in [0.2, 0.25) is 0 Å². The van der Waals surface area contributed by atoms with Crippen molar-refractivity contribution in [2.45, 2.75) is 78.6 Å². The number of rotatable bonds is 15. The second-order valence-electron chi connectivity index (χ2n) is 9.20. The van der Waals surface area contributed by atoms with Crippen molar-refractivity contribution in [3.63, 3.8) is 0 Å². The molecule has 0 heterocycles. The van der Waals surface area contributed by atoms with Gasteiger partial charge in [-0.1, -0.05) is 88.3 Å². The molecule has 0 N–H and O–H groups in total. The predicted octanol–water partition coefficient (Wildman–Crippen LogP) is 7.28. The van der Waals surface area contributed by atoms with Crippen molar-refractivity contribution in [1.29, 1.82) is 0 Å². The summed E-state index contributed by atoms with van der Waals surface area (Å²) < 4.78 is 0. The highest BCUT2D eigenvalue weighted by molar-refractivity contribution is 5.45. The number of allylic oxidation sites excluding steroid dienone is 6. The lowest BCUT2D eigenvalue weighted by molar-refractivity contribution is 0.304. The molecule has 2 aliphatic carbocycles. The third-order valence-corrected chi connectivity index (χ3v) is 6.68. The van der Waals surface area contributed by atoms with Crippen molar-refractivity contribution in [2.75, 3.05) is 33.2 Å². The standard InChI is InChI=1S/C28H46N2/c1-6-29(5)25(4)17-18-27-16-13-14-24(3)28(22-27)23-30(7-2)21-12-10-8-9-11-15-26-19-20-26/h14,16-18,22,26H,4,6-13,15,19-21,23H2,1-3,5H3. The minimum absolute atomic E-state index is 0.982. The first-order valence-electron chi connectivity index (χ1n) is 12.4. The van der Waals surface area contributed by atoms with Crippen LogP contribution in [0.3, 0.4) is 0 Å². The topological polar surface area (TPSA) is 6.48 Å². The summed E-state index contributed by atoms with van der Waals surface area (Å²) in [6.07, 6.45) is 24.0. The molecule has 0 radical (unpaired) electrons. The molecule has 0 spiro atoms. The van der Waals surface area contributed by atoms with Crippen LogP contribution in [0.4, 0.5) is 0 Å². The summed E-state index contributed by atoms with van der Waals surface area (Å²) in [5, 5.41) is 0. The molecular weight excluding hydrogens is 364 g/mol. The van der Waals surface area contributed by atoms with E-state index in [1.807, 2.05) is 0 Å². The summed E-state index contributed by atoms with van der Waals surface area (Å²) in [5.41, 5.74) is 5.26. The number of likely N-dealkylation sites (N-methyl/N-ethyl adjacent to an activating group) is 2. The van der Waals surface area contributed by atoms with Gasteiger partial charge in [-0.3, -0.25) is 4.90 Å². The van der Waals surface area contributed by atoms with E-state index < -0.39 is 0 Å². The molecule has 1 saturated carbocycles. The van der Waals surface area contributed by atoms with Crippen molar-refractivity contribution in [1.82, 2.24) is 9.80 Å². The van der Waals surface area contributed by atoms with E-state index in [1.54, 1.807) is 0 Å². The second-order valence-corrected chi connectivity index (χ2v) is 9.20. The Kier molecular flexibility index (Phi) is 11.3. The van der Waals surface area contributed by atoms with Gasteiger partial charge < -0.3 is 4.90 Å². The molecule has 0 atom stereocenters. The van der Waals surface area contributed by atoms with E-state index in [0.717, 1.165) is 37.7 Å². The molecule has 0 aromatic rings. The first-order valence-corrected chi connectivity index (χ1v) is 12.4. The van der Waals surface area contributed by atoms with Gasteiger partial charge in [0.05, 0.1) is 0 Å². The van der Waals surface area contributed by atoms with Gasteiger partial charge in [-0.05, 0) is 62.9 Å². The van der Waals surface area contributed by atoms with Gasteiger partial charge >= 0.3 is 0 Å². The highest BCUT2D eigenvalue weighted by atomic mass is 15.1. The van der Waals surface area contributed by atoms with Crippen LogP contribution in [0.25, 0.3) is 0 Å². The summed E-state index contributed by atoms with van der Waals surface area (Å²) in [4.78, 5) is 4.79. The zero-order valence-electron chi connectivity index (χ0n) is 20.3. The van der Waals surface area contributed by atoms with E-state index in [2.05, 4.69) is 74.6 Å². The number of hydrogen-bond acceptors (Lipinski definition) is 2. The van der Waals surface area contributed by atoms with Crippen LogP contribution in [-0.4, -0.2) is 43.0 Å². The molecule has 2 nitrogen and oxygen atoms in total. The summed E-state index contributed by atoms with van der Waals surface area (Å²) in [5.74, 6) is 1.10. The average Bonchev–Trinajstić information content (AvgIpc) is 3.58. The summed E-state index contributed by atoms with van der Waals surface area (Å²) in [6.45, 7) is 15.3. The molecule has 2 aliphatic rings. The molecule has 0 aliphatic heterocycles. The van der Waals surface area contributed by atoms with Crippen LogP contribution in [-0.2, 0) is 0 Å². The molecule has 0 aromatic heterocycles. The van der Waals surface area contributed by atoms with Gasteiger partial charge in [0.15, 0.2) is 0 Å². The highest BCUT2D eigenvalue weighted by Crippen LogP contribution is 2.34. The number of unbranched alkanes of at least 4 members (excludes halogenated alkanes) is 4. The smallest absolute Gasteiger partial charge is 0.0290 e. The van der Waals surface area contributed by atoms with Crippen LogP contribution < -0.4 is 0 Å². The molecule has 168 valence electrons. The summed E-state index contributed by atoms with van der Waals surface area (Å²) in [7, 11) is 2.09. The Morgan fingerprint density at radius 1 is 1.07 bits per heavy atom. The van der Waals surface area contributed by atoms with Crippen LogP contribution in [0.15, 0.2) is 59.4 Å². The highest BCUT2D eigenvalue weighted by Gasteiger charge is 2.19. The molecule has 0 aromatic carbocycles. The van der Waals surface area contributed by atoms with Gasteiger partial charge in [-0.25, -0.2) is 0 Å². The first-order chi connectivity index (χ1) is 14.5. The zero-order valence-corrected chi connectivity index (χ0v) is 20.3. The minimum Gasteiger partial charge on any atom is -0.375 e. The minimum atomic E-state index is 0.982. The van der Waals surface area contributed by atoms with Gasteiger partial charge in [-0.2, -0.15) is 0 Å². The molecule has 2 heteroatoms. The van der Waals surface area contributed by atoms with Gasteiger partial charge in [0, 0.05) is 25.8 Å². The van der Waals surface area contributed by atoms with E-state index >= 15 is 0 Å². The summed E-state index contributed by atoms with van der Waals surface area (Å²) in [6, 6.07) is 0. The van der Waals surface area contributed by atoms with Gasteiger partial charge in [0.1, 0.15) is 0 Å². The Hall–Kier alpha value is -1.54. The van der Waals surface area contributed by atoms with Crippen LogP contribution in [0, 0.1) is 5.92 Å². The van der Waals surface area contributed by atoms with E-state index in [4.69, 9.17) is 0 Å². The quantitative estimate of drug-likeness (QED) is 0.207. The van der Waals surface area contributed by atoms with E-state index in [0.29, 0.717) is 0 Å². The maximum Gasteiger partial charge on any atom is 0.0290 e. The molecule has 30 heavy (non-hydrogen) atoms. The normalized spacial score (nSPS) is 17.0. The molecule has 0 unspecified atom stereocenters. The SMILES string of the molecule is C=C(C=CC1=CCC=C(C)C(CN(CC)CCCCCCCC2CC2)=C1)N(C)CC. The zero-order chi connectivity index (χ0) is 21.8. The third-order valence-electron chi connectivity index (χ3n) is 6.68. The van der Waals surface area contributed by atoms with Crippen molar-refractivity contribution in [3.05, 3.63) is 59.4 Å². The van der Waals surface area contributed by atoms with Gasteiger partial charge in [0.2, 0.25) is 0 Å². The molecular formula is C28H46N2. The fourth-order valence-corrected chi connectivity index (χ4v) is 3.98. The van der Waals surface area contributed by atoms with E-state index in [-0.39, 0.29) is 0 Å². The lowest BCUT2D eigenvalue weighted by Crippen LogP contribution is -2.27. The van der Waals surface area contributed by atoms with Crippen LogP contribution >= 0.6 is 0 Å². The fourth-order valence-electron chi connectivity index (χ4n) is 3.98. The summed E-state index contributed by atoms with van der Waals surface area (Å²) >= 11 is 0. The predicted molar refractivity (Wildman–Crippen MR) is 134 cm³/mol. The third kappa shape index (κ3) is 9.51. The lowest BCUT2D eigenvalue weighted by atomic mass is 10.0. The van der Waals surface area contributed by atoms with Crippen LogP contribution in [0.5, 0.6) is 0 Å². The average molecular weight is 411 g/mol. The molecule has 0 saturated heterocycles. The van der Waals surface area contributed by atoms with E-state index in [1.165, 1.54) is 74.6 Å². The van der Waals surface area contributed by atoms with Gasteiger partial charge in [-0.15, -0.1) is 0 Å². The maximum absolute atomic E-state index is 4.17. The first kappa shape index (κ1) is 24.7. The Balaban J connectivity index is 1.80. The molecule has 2 rings (SSSR count).